The number of carbonyl (C=O) groups is 2. The lowest BCUT2D eigenvalue weighted by molar-refractivity contribution is -0.137. The summed E-state index contributed by atoms with van der Waals surface area (Å²) < 4.78 is 9.99. The van der Waals surface area contributed by atoms with Gasteiger partial charge in [-0.15, -0.1) is 0 Å². The number of aliphatic imine (C=N–C) groups is 1. The van der Waals surface area contributed by atoms with Crippen LogP contribution in [-0.4, -0.2) is 41.0 Å². The standard InChI is InChI=1S/C17H22ClN5O4/c1-4-26-16(24)12(10(2)19)15(20)21-7-5-6-8-27-17(25)13-11(3)22-9-23-14(13)18/h5,7,9H,4,6,8,19H2,1-3H3,(H2,20,21)/b7-5+,12-10+. The molecule has 146 valence electrons. The van der Waals surface area contributed by atoms with Crippen molar-refractivity contribution in [2.24, 2.45) is 16.5 Å². The highest BCUT2D eigenvalue weighted by atomic mass is 35.5. The third-order valence-electron chi connectivity index (χ3n) is 3.16. The molecule has 0 aromatic carbocycles. The average Bonchev–Trinajstić information content (AvgIpc) is 2.57. The Balaban J connectivity index is 2.60. The first kappa shape index (κ1) is 22.1. The fourth-order valence-corrected chi connectivity index (χ4v) is 2.17. The third-order valence-corrected chi connectivity index (χ3v) is 3.45. The number of allylic oxidation sites excluding steroid dienone is 1. The zero-order chi connectivity index (χ0) is 20.4. The second kappa shape index (κ2) is 10.9. The number of rotatable bonds is 8. The van der Waals surface area contributed by atoms with Gasteiger partial charge in [0.25, 0.3) is 0 Å². The van der Waals surface area contributed by atoms with Gasteiger partial charge in [-0.3, -0.25) is 0 Å². The fourth-order valence-electron chi connectivity index (χ4n) is 1.91. The van der Waals surface area contributed by atoms with Crippen molar-refractivity contribution in [3.8, 4) is 0 Å². The quantitative estimate of drug-likeness (QED) is 0.169. The van der Waals surface area contributed by atoms with Crippen LogP contribution < -0.4 is 11.5 Å². The predicted octanol–water partition coefficient (Wildman–Crippen LogP) is 1.65. The molecule has 0 radical (unpaired) electrons. The first-order valence-corrected chi connectivity index (χ1v) is 8.43. The van der Waals surface area contributed by atoms with E-state index in [1.54, 1.807) is 19.9 Å². The van der Waals surface area contributed by atoms with Crippen LogP contribution in [0.3, 0.4) is 0 Å². The number of aromatic nitrogens is 2. The summed E-state index contributed by atoms with van der Waals surface area (Å²) >= 11 is 5.87. The van der Waals surface area contributed by atoms with Crippen LogP contribution in [-0.2, 0) is 14.3 Å². The van der Waals surface area contributed by atoms with Crippen molar-refractivity contribution in [2.75, 3.05) is 13.2 Å². The number of hydrogen-bond acceptors (Lipinski definition) is 8. The number of hydrogen-bond donors (Lipinski definition) is 2. The predicted molar refractivity (Wildman–Crippen MR) is 101 cm³/mol. The van der Waals surface area contributed by atoms with Crippen molar-refractivity contribution in [3.05, 3.63) is 46.3 Å². The van der Waals surface area contributed by atoms with Crippen LogP contribution in [0.4, 0.5) is 0 Å². The molecule has 0 aliphatic heterocycles. The molecule has 1 aromatic heterocycles. The summed E-state index contributed by atoms with van der Waals surface area (Å²) in [4.78, 5) is 35.4. The molecule has 0 spiro atoms. The highest BCUT2D eigenvalue weighted by Gasteiger charge is 2.17. The van der Waals surface area contributed by atoms with Gasteiger partial charge in [-0.25, -0.2) is 24.5 Å². The van der Waals surface area contributed by atoms with E-state index in [0.717, 1.165) is 0 Å². The molecular formula is C17H22ClN5O4. The Labute approximate surface area is 162 Å². The third kappa shape index (κ3) is 6.70. The Hall–Kier alpha value is -2.94. The van der Waals surface area contributed by atoms with Crippen molar-refractivity contribution in [1.29, 1.82) is 0 Å². The summed E-state index contributed by atoms with van der Waals surface area (Å²) in [5.41, 5.74) is 12.2. The molecule has 0 atom stereocenters. The molecule has 0 saturated heterocycles. The number of esters is 2. The number of halogens is 1. The van der Waals surface area contributed by atoms with Gasteiger partial charge in [-0.05, 0) is 20.8 Å². The molecule has 0 aliphatic carbocycles. The molecule has 1 rings (SSSR count). The van der Waals surface area contributed by atoms with Crippen molar-refractivity contribution < 1.29 is 19.1 Å². The molecule has 4 N–H and O–H groups in total. The maximum absolute atomic E-state index is 12.0. The van der Waals surface area contributed by atoms with Gasteiger partial charge in [-0.1, -0.05) is 17.7 Å². The number of aryl methyl sites for hydroxylation is 1. The van der Waals surface area contributed by atoms with Gasteiger partial charge < -0.3 is 20.9 Å². The van der Waals surface area contributed by atoms with E-state index in [2.05, 4.69) is 15.0 Å². The van der Waals surface area contributed by atoms with Crippen LogP contribution in [0.25, 0.3) is 0 Å². The average molecular weight is 396 g/mol. The zero-order valence-corrected chi connectivity index (χ0v) is 16.1. The van der Waals surface area contributed by atoms with Crippen LogP contribution in [0.1, 0.15) is 36.3 Å². The van der Waals surface area contributed by atoms with Gasteiger partial charge in [0.2, 0.25) is 0 Å². The number of nitrogens with zero attached hydrogens (tertiary/aromatic N) is 3. The summed E-state index contributed by atoms with van der Waals surface area (Å²) in [6.07, 6.45) is 4.63. The Morgan fingerprint density at radius 2 is 2.00 bits per heavy atom. The number of nitrogens with two attached hydrogens (primary N) is 2. The van der Waals surface area contributed by atoms with E-state index in [9.17, 15) is 9.59 Å². The Morgan fingerprint density at radius 3 is 2.59 bits per heavy atom. The molecule has 0 bridgehead atoms. The largest absolute Gasteiger partial charge is 0.462 e. The second-order valence-electron chi connectivity index (χ2n) is 5.23. The fraction of sp³-hybridized carbons (Fsp3) is 0.353. The van der Waals surface area contributed by atoms with Crippen LogP contribution in [0.5, 0.6) is 0 Å². The monoisotopic (exact) mass is 395 g/mol. The molecule has 1 heterocycles. The molecule has 0 unspecified atom stereocenters. The lowest BCUT2D eigenvalue weighted by atomic mass is 10.2. The van der Waals surface area contributed by atoms with Crippen LogP contribution in [0, 0.1) is 6.92 Å². The van der Waals surface area contributed by atoms with Gasteiger partial charge in [-0.2, -0.15) is 0 Å². The lowest BCUT2D eigenvalue weighted by Gasteiger charge is -2.07. The van der Waals surface area contributed by atoms with E-state index in [1.807, 2.05) is 0 Å². The van der Waals surface area contributed by atoms with Crippen LogP contribution in [0.2, 0.25) is 5.15 Å². The summed E-state index contributed by atoms with van der Waals surface area (Å²) in [7, 11) is 0. The molecule has 10 heteroatoms. The van der Waals surface area contributed by atoms with E-state index in [0.29, 0.717) is 12.1 Å². The highest BCUT2D eigenvalue weighted by Crippen LogP contribution is 2.15. The summed E-state index contributed by atoms with van der Waals surface area (Å²) in [5, 5.41) is 0.0378. The van der Waals surface area contributed by atoms with Gasteiger partial charge >= 0.3 is 11.9 Å². The normalized spacial score (nSPS) is 12.7. The molecule has 0 aliphatic rings. The van der Waals surface area contributed by atoms with Crippen LogP contribution in [0.15, 0.2) is 34.9 Å². The summed E-state index contributed by atoms with van der Waals surface area (Å²) in [6, 6.07) is 0. The minimum Gasteiger partial charge on any atom is -0.462 e. The second-order valence-corrected chi connectivity index (χ2v) is 5.59. The van der Waals surface area contributed by atoms with Gasteiger partial charge in [0.05, 0.1) is 18.9 Å². The Kier molecular flexibility index (Phi) is 8.94. The first-order valence-electron chi connectivity index (χ1n) is 8.05. The Bertz CT molecular complexity index is 765. The van der Waals surface area contributed by atoms with Crippen molar-refractivity contribution >= 4 is 29.4 Å². The minimum atomic E-state index is -0.640. The van der Waals surface area contributed by atoms with E-state index >= 15 is 0 Å². The molecule has 27 heavy (non-hydrogen) atoms. The topological polar surface area (TPSA) is 143 Å². The molecule has 0 saturated carbocycles. The van der Waals surface area contributed by atoms with Crippen molar-refractivity contribution in [2.45, 2.75) is 27.2 Å². The molecule has 0 amide bonds. The molecule has 9 nitrogen and oxygen atoms in total. The van der Waals surface area contributed by atoms with Gasteiger partial charge in [0.1, 0.15) is 28.5 Å². The minimum absolute atomic E-state index is 0.0159. The lowest BCUT2D eigenvalue weighted by Crippen LogP contribution is -2.26. The molecule has 0 fully saturated rings. The molecule has 1 aromatic rings. The van der Waals surface area contributed by atoms with E-state index in [4.69, 9.17) is 32.5 Å². The molecular weight excluding hydrogens is 374 g/mol. The van der Waals surface area contributed by atoms with Crippen molar-refractivity contribution in [3.63, 3.8) is 0 Å². The van der Waals surface area contributed by atoms with Crippen molar-refractivity contribution in [1.82, 2.24) is 9.97 Å². The SMILES string of the molecule is CCOC(=O)C(/C(N)=N\C=C\CCOC(=O)c1c(C)ncnc1Cl)=C(\C)N. The highest BCUT2D eigenvalue weighted by molar-refractivity contribution is 6.32. The summed E-state index contributed by atoms with van der Waals surface area (Å²) in [6.45, 7) is 5.12. The Morgan fingerprint density at radius 1 is 1.30 bits per heavy atom. The maximum Gasteiger partial charge on any atom is 0.343 e. The zero-order valence-electron chi connectivity index (χ0n) is 15.4. The first-order chi connectivity index (χ1) is 12.8. The van der Waals surface area contributed by atoms with E-state index in [1.165, 1.54) is 19.5 Å². The van der Waals surface area contributed by atoms with Gasteiger partial charge in [0.15, 0.2) is 0 Å². The van der Waals surface area contributed by atoms with Gasteiger partial charge in [0, 0.05) is 18.3 Å². The number of carbonyl (C=O) groups excluding carboxylic acids is 2. The van der Waals surface area contributed by atoms with E-state index < -0.39 is 11.9 Å². The maximum atomic E-state index is 12.0. The number of ether oxygens (including phenoxy) is 2. The number of amidine groups is 1. The van der Waals surface area contributed by atoms with E-state index in [-0.39, 0.29) is 41.0 Å². The summed E-state index contributed by atoms with van der Waals surface area (Å²) in [5.74, 6) is -1.32. The van der Waals surface area contributed by atoms with Crippen LogP contribution >= 0.6 is 11.6 Å². The smallest absolute Gasteiger partial charge is 0.343 e.